The molecule has 0 amide bonds. The second-order valence-corrected chi connectivity index (χ2v) is 5.19. The van der Waals surface area contributed by atoms with Gasteiger partial charge in [-0.2, -0.15) is 0 Å². The Kier molecular flexibility index (Phi) is 2.58. The van der Waals surface area contributed by atoms with E-state index in [1.165, 1.54) is 22.5 Å². The fraction of sp³-hybridized carbons (Fsp3) is 0.200. The van der Waals surface area contributed by atoms with Crippen molar-refractivity contribution in [3.8, 4) is 5.69 Å². The van der Waals surface area contributed by atoms with Gasteiger partial charge in [-0.05, 0) is 18.2 Å². The Balaban J connectivity index is 1.94. The van der Waals surface area contributed by atoms with E-state index in [0.29, 0.717) is 0 Å². The highest BCUT2D eigenvalue weighted by atomic mass is 16.2. The van der Waals surface area contributed by atoms with Crippen molar-refractivity contribution >= 4 is 10.9 Å². The summed E-state index contributed by atoms with van der Waals surface area (Å²) in [6, 6.07) is 9.41. The summed E-state index contributed by atoms with van der Waals surface area (Å²) in [5, 5.41) is 4.51. The number of benzene rings is 1. The van der Waals surface area contributed by atoms with Crippen LogP contribution in [0.5, 0.6) is 0 Å². The third-order valence-corrected chi connectivity index (χ3v) is 3.89. The Labute approximate surface area is 119 Å². The molecule has 0 unspecified atom stereocenters. The average molecular weight is 282 g/mol. The molecule has 2 aromatic heterocycles. The van der Waals surface area contributed by atoms with Crippen LogP contribution in [-0.4, -0.2) is 20.7 Å². The van der Waals surface area contributed by atoms with E-state index in [2.05, 4.69) is 20.9 Å². The summed E-state index contributed by atoms with van der Waals surface area (Å²) in [5.74, 6) is 0. The Bertz CT molecular complexity index is 948. The molecule has 1 aliphatic rings. The van der Waals surface area contributed by atoms with E-state index in [1.54, 1.807) is 0 Å². The Morgan fingerprint density at radius 1 is 1.10 bits per heavy atom. The van der Waals surface area contributed by atoms with Crippen LogP contribution in [0.3, 0.4) is 0 Å². The van der Waals surface area contributed by atoms with Crippen molar-refractivity contribution in [2.45, 2.75) is 13.1 Å². The van der Waals surface area contributed by atoms with Gasteiger partial charge in [-0.15, -0.1) is 0 Å². The molecule has 21 heavy (non-hydrogen) atoms. The van der Waals surface area contributed by atoms with Gasteiger partial charge >= 0.3 is 5.69 Å². The second-order valence-electron chi connectivity index (χ2n) is 5.19. The Hall–Kier alpha value is -2.60. The lowest BCUT2D eigenvalue weighted by Crippen LogP contribution is -2.28. The average Bonchev–Trinajstić information content (AvgIpc) is 2.85. The van der Waals surface area contributed by atoms with Crippen LogP contribution in [0, 0.1) is 0 Å². The molecule has 0 radical (unpaired) electrons. The molecule has 0 spiro atoms. The minimum Gasteiger partial charge on any atom is -0.342 e. The third-order valence-electron chi connectivity index (χ3n) is 3.89. The number of nitrogens with zero attached hydrogens (tertiary/aromatic N) is 2. The van der Waals surface area contributed by atoms with E-state index in [9.17, 15) is 9.59 Å². The molecule has 3 heterocycles. The Morgan fingerprint density at radius 3 is 2.86 bits per heavy atom. The molecule has 0 aliphatic carbocycles. The van der Waals surface area contributed by atoms with E-state index >= 15 is 0 Å². The lowest BCUT2D eigenvalue weighted by Gasteiger charge is -2.17. The van der Waals surface area contributed by atoms with Gasteiger partial charge < -0.3 is 9.88 Å². The van der Waals surface area contributed by atoms with Gasteiger partial charge in [0.15, 0.2) is 0 Å². The summed E-state index contributed by atoms with van der Waals surface area (Å²) in [5.41, 5.74) is 2.31. The largest absolute Gasteiger partial charge is 0.342 e. The van der Waals surface area contributed by atoms with E-state index in [4.69, 9.17) is 0 Å². The van der Waals surface area contributed by atoms with Crippen molar-refractivity contribution < 1.29 is 0 Å². The van der Waals surface area contributed by atoms with Crippen LogP contribution in [-0.2, 0) is 13.1 Å². The van der Waals surface area contributed by atoms with Crippen molar-refractivity contribution in [2.24, 2.45) is 0 Å². The van der Waals surface area contributed by atoms with Gasteiger partial charge in [-0.3, -0.25) is 14.3 Å². The third kappa shape index (κ3) is 1.92. The van der Waals surface area contributed by atoms with Crippen molar-refractivity contribution in [2.75, 3.05) is 6.54 Å². The lowest BCUT2D eigenvalue weighted by atomic mass is 10.2. The van der Waals surface area contributed by atoms with Crippen LogP contribution in [0.1, 0.15) is 5.69 Å². The van der Waals surface area contributed by atoms with Gasteiger partial charge in [0.05, 0.1) is 11.2 Å². The first-order chi connectivity index (χ1) is 10.2. The zero-order valence-corrected chi connectivity index (χ0v) is 11.3. The molecular weight excluding hydrogens is 268 g/mol. The molecular formula is C15H14N4O2. The molecule has 106 valence electrons. The molecule has 0 saturated carbocycles. The molecule has 1 aliphatic heterocycles. The monoisotopic (exact) mass is 282 g/mol. The number of aromatic amines is 1. The molecule has 6 heteroatoms. The molecule has 6 nitrogen and oxygen atoms in total. The molecule has 0 bridgehead atoms. The first-order valence-corrected chi connectivity index (χ1v) is 6.88. The summed E-state index contributed by atoms with van der Waals surface area (Å²) in [7, 11) is 0. The molecule has 4 rings (SSSR count). The zero-order chi connectivity index (χ0) is 14.4. The van der Waals surface area contributed by atoms with Crippen molar-refractivity contribution in [3.05, 3.63) is 63.1 Å². The van der Waals surface area contributed by atoms with Crippen LogP contribution in [0.25, 0.3) is 16.6 Å². The lowest BCUT2D eigenvalue weighted by molar-refractivity contribution is 0.527. The first-order valence-electron chi connectivity index (χ1n) is 6.88. The Morgan fingerprint density at radius 2 is 2.00 bits per heavy atom. The SMILES string of the molecule is O=c1ccn(-c2ccc3cc4n(c3c2)CCNC4)c(=O)[nH]1. The summed E-state index contributed by atoms with van der Waals surface area (Å²) in [6.45, 7) is 2.73. The zero-order valence-electron chi connectivity index (χ0n) is 11.3. The van der Waals surface area contributed by atoms with Crippen LogP contribution < -0.4 is 16.6 Å². The van der Waals surface area contributed by atoms with Gasteiger partial charge in [0, 0.05) is 43.0 Å². The fourth-order valence-electron chi connectivity index (χ4n) is 2.89. The summed E-state index contributed by atoms with van der Waals surface area (Å²) in [6.07, 6.45) is 1.50. The highest BCUT2D eigenvalue weighted by Crippen LogP contribution is 2.23. The first kappa shape index (κ1) is 12.2. The van der Waals surface area contributed by atoms with E-state index < -0.39 is 5.69 Å². The minimum absolute atomic E-state index is 0.386. The van der Waals surface area contributed by atoms with Crippen LogP contribution in [0.15, 0.2) is 46.1 Å². The van der Waals surface area contributed by atoms with Gasteiger partial charge in [0.1, 0.15) is 0 Å². The van der Waals surface area contributed by atoms with Gasteiger partial charge in [-0.1, -0.05) is 6.07 Å². The molecule has 0 atom stereocenters. The van der Waals surface area contributed by atoms with Gasteiger partial charge in [0.25, 0.3) is 5.56 Å². The van der Waals surface area contributed by atoms with Crippen molar-refractivity contribution in [3.63, 3.8) is 0 Å². The second kappa shape index (κ2) is 4.46. The molecule has 2 N–H and O–H groups in total. The van der Waals surface area contributed by atoms with Gasteiger partial charge in [-0.25, -0.2) is 4.79 Å². The summed E-state index contributed by atoms with van der Waals surface area (Å²) in [4.78, 5) is 25.3. The molecule has 3 aromatic rings. The summed E-state index contributed by atoms with van der Waals surface area (Å²) < 4.78 is 3.72. The van der Waals surface area contributed by atoms with E-state index in [-0.39, 0.29) is 5.56 Å². The van der Waals surface area contributed by atoms with Crippen LogP contribution in [0.2, 0.25) is 0 Å². The maximum atomic E-state index is 11.9. The molecule has 0 saturated heterocycles. The smallest absolute Gasteiger partial charge is 0.332 e. The number of rotatable bonds is 1. The quantitative estimate of drug-likeness (QED) is 0.686. The molecule has 0 fully saturated rings. The number of aromatic nitrogens is 3. The number of hydrogen-bond acceptors (Lipinski definition) is 3. The highest BCUT2D eigenvalue weighted by molar-refractivity contribution is 5.83. The van der Waals surface area contributed by atoms with E-state index in [0.717, 1.165) is 36.2 Å². The van der Waals surface area contributed by atoms with Gasteiger partial charge in [0.2, 0.25) is 0 Å². The van der Waals surface area contributed by atoms with Crippen molar-refractivity contribution in [1.82, 2.24) is 19.4 Å². The van der Waals surface area contributed by atoms with Crippen LogP contribution >= 0.6 is 0 Å². The number of H-pyrrole nitrogens is 1. The van der Waals surface area contributed by atoms with Crippen LogP contribution in [0.4, 0.5) is 0 Å². The number of nitrogens with one attached hydrogen (secondary N) is 2. The fourth-order valence-corrected chi connectivity index (χ4v) is 2.89. The maximum Gasteiger partial charge on any atom is 0.332 e. The summed E-state index contributed by atoms with van der Waals surface area (Å²) >= 11 is 0. The topological polar surface area (TPSA) is 71.8 Å². The minimum atomic E-state index is -0.422. The maximum absolute atomic E-state index is 11.9. The number of hydrogen-bond donors (Lipinski definition) is 2. The highest BCUT2D eigenvalue weighted by Gasteiger charge is 2.13. The predicted octanol–water partition coefficient (Wildman–Crippen LogP) is 0.584. The number of fused-ring (bicyclic) bond motifs is 3. The molecule has 1 aromatic carbocycles. The normalized spacial score (nSPS) is 14.3. The standard InChI is InChI=1S/C15H14N4O2/c20-14-3-5-19(15(21)17-14)11-2-1-10-7-12-9-16-4-6-18(12)13(10)8-11/h1-3,5,7-8,16H,4,6,9H2,(H,17,20,21). The predicted molar refractivity (Wildman–Crippen MR) is 79.9 cm³/mol. The van der Waals surface area contributed by atoms with Crippen molar-refractivity contribution in [1.29, 1.82) is 0 Å². The van der Waals surface area contributed by atoms with E-state index in [1.807, 2.05) is 18.2 Å².